The van der Waals surface area contributed by atoms with Crippen molar-refractivity contribution in [1.82, 2.24) is 0 Å². The third-order valence-corrected chi connectivity index (χ3v) is 4.58. The number of aromatic carboxylic acids is 1. The lowest BCUT2D eigenvalue weighted by atomic mass is 9.91. The molecule has 0 radical (unpaired) electrons. The second-order valence-electron chi connectivity index (χ2n) is 5.32. The highest BCUT2D eigenvalue weighted by Crippen LogP contribution is 2.22. The molecule has 0 saturated heterocycles. The average molecular weight is 282 g/mol. The molecule has 4 heteroatoms. The van der Waals surface area contributed by atoms with Crippen LogP contribution >= 0.6 is 11.3 Å². The fraction of sp³-hybridized carbons (Fsp3) is 0.600. The molecule has 0 aliphatic heterocycles. The summed E-state index contributed by atoms with van der Waals surface area (Å²) in [5.74, 6) is 0.101. The van der Waals surface area contributed by atoms with Gasteiger partial charge in [-0.15, -0.1) is 11.3 Å². The first kappa shape index (κ1) is 15.9. The molecule has 0 bridgehead atoms. The Morgan fingerprint density at radius 2 is 2.00 bits per heavy atom. The molecule has 0 amide bonds. The number of aryl methyl sites for hydroxylation is 1. The maximum absolute atomic E-state index is 11.2. The Balaban J connectivity index is 2.29. The zero-order valence-electron chi connectivity index (χ0n) is 11.8. The van der Waals surface area contributed by atoms with E-state index in [1.54, 1.807) is 13.0 Å². The average Bonchev–Trinajstić information content (AvgIpc) is 2.77. The number of hydrogen-bond acceptors (Lipinski definition) is 3. The van der Waals surface area contributed by atoms with E-state index in [1.165, 1.54) is 11.3 Å². The first-order chi connectivity index (χ1) is 8.90. The van der Waals surface area contributed by atoms with Crippen LogP contribution in [0.15, 0.2) is 12.1 Å². The second kappa shape index (κ2) is 7.43. The third kappa shape index (κ3) is 5.55. The molecule has 19 heavy (non-hydrogen) atoms. The first-order valence-corrected chi connectivity index (χ1v) is 7.54. The van der Waals surface area contributed by atoms with E-state index >= 15 is 0 Å². The maximum Gasteiger partial charge on any atom is 0.345 e. The summed E-state index contributed by atoms with van der Waals surface area (Å²) in [6.45, 7) is 5.81. The highest BCUT2D eigenvalue weighted by molar-refractivity contribution is 7.13. The summed E-state index contributed by atoms with van der Waals surface area (Å²) < 4.78 is 0. The largest absolute Gasteiger partial charge is 0.477 e. The lowest BCUT2D eigenvalue weighted by molar-refractivity contribution is -0.120. The number of rotatable bonds is 8. The Morgan fingerprint density at radius 1 is 1.32 bits per heavy atom. The number of carboxylic acids is 1. The van der Waals surface area contributed by atoms with Gasteiger partial charge in [0.05, 0.1) is 0 Å². The van der Waals surface area contributed by atoms with Crippen molar-refractivity contribution in [2.24, 2.45) is 11.8 Å². The van der Waals surface area contributed by atoms with E-state index in [-0.39, 0.29) is 11.7 Å². The summed E-state index contributed by atoms with van der Waals surface area (Å²) in [7, 11) is 0. The molecule has 106 valence electrons. The zero-order valence-corrected chi connectivity index (χ0v) is 12.6. The Morgan fingerprint density at radius 3 is 2.53 bits per heavy atom. The Bertz CT molecular complexity index is 436. The normalized spacial score (nSPS) is 14.1. The van der Waals surface area contributed by atoms with Crippen LogP contribution in [0.3, 0.4) is 0 Å². The zero-order chi connectivity index (χ0) is 14.4. The Hall–Kier alpha value is -1.16. The smallest absolute Gasteiger partial charge is 0.345 e. The summed E-state index contributed by atoms with van der Waals surface area (Å²) in [6.07, 6.45) is 4.00. The van der Waals surface area contributed by atoms with Crippen molar-refractivity contribution in [2.45, 2.75) is 46.5 Å². The van der Waals surface area contributed by atoms with Crippen LogP contribution < -0.4 is 0 Å². The predicted molar refractivity (Wildman–Crippen MR) is 77.8 cm³/mol. The van der Waals surface area contributed by atoms with Crippen molar-refractivity contribution in [3.05, 3.63) is 21.9 Å². The van der Waals surface area contributed by atoms with Gasteiger partial charge in [-0.2, -0.15) is 0 Å². The Kier molecular flexibility index (Phi) is 6.22. The molecule has 1 rings (SSSR count). The summed E-state index contributed by atoms with van der Waals surface area (Å²) >= 11 is 1.36. The fourth-order valence-electron chi connectivity index (χ4n) is 2.14. The summed E-state index contributed by atoms with van der Waals surface area (Å²) in [4.78, 5) is 23.5. The van der Waals surface area contributed by atoms with Crippen molar-refractivity contribution < 1.29 is 14.7 Å². The molecule has 0 spiro atoms. The Labute approximate surface area is 118 Å². The van der Waals surface area contributed by atoms with Gasteiger partial charge in [0.25, 0.3) is 0 Å². The number of hydrogen-bond donors (Lipinski definition) is 1. The SMILES string of the molecule is CC(=O)[C@@H](C)C[C@H](C)CCCc1ccc(C(=O)O)s1. The van der Waals surface area contributed by atoms with Crippen LogP contribution in [0.5, 0.6) is 0 Å². The van der Waals surface area contributed by atoms with Crippen LogP contribution in [-0.4, -0.2) is 16.9 Å². The van der Waals surface area contributed by atoms with Crippen molar-refractivity contribution in [3.63, 3.8) is 0 Å². The molecule has 1 aromatic heterocycles. The highest BCUT2D eigenvalue weighted by atomic mass is 32.1. The van der Waals surface area contributed by atoms with Gasteiger partial charge in [0.1, 0.15) is 10.7 Å². The minimum absolute atomic E-state index is 0.148. The van der Waals surface area contributed by atoms with Gasteiger partial charge in [-0.25, -0.2) is 4.79 Å². The number of carbonyl (C=O) groups excluding carboxylic acids is 1. The van der Waals surface area contributed by atoms with Gasteiger partial charge in [-0.1, -0.05) is 20.3 Å². The van der Waals surface area contributed by atoms with Crippen molar-refractivity contribution >= 4 is 23.1 Å². The summed E-state index contributed by atoms with van der Waals surface area (Å²) in [5, 5.41) is 8.84. The maximum atomic E-state index is 11.2. The molecule has 1 heterocycles. The molecular formula is C15H22O3S. The molecule has 0 aromatic carbocycles. The van der Waals surface area contributed by atoms with Crippen LogP contribution in [0.4, 0.5) is 0 Å². The van der Waals surface area contributed by atoms with Crippen LogP contribution in [-0.2, 0) is 11.2 Å². The molecule has 1 N–H and O–H groups in total. The highest BCUT2D eigenvalue weighted by Gasteiger charge is 2.13. The van der Waals surface area contributed by atoms with Crippen LogP contribution in [0.1, 0.15) is 54.6 Å². The van der Waals surface area contributed by atoms with Crippen molar-refractivity contribution in [3.8, 4) is 0 Å². The van der Waals surface area contributed by atoms with E-state index in [1.807, 2.05) is 13.0 Å². The lowest BCUT2D eigenvalue weighted by Gasteiger charge is -2.14. The minimum atomic E-state index is -0.847. The topological polar surface area (TPSA) is 54.4 Å². The van der Waals surface area contributed by atoms with E-state index in [0.29, 0.717) is 10.8 Å². The van der Waals surface area contributed by atoms with Gasteiger partial charge in [0.15, 0.2) is 0 Å². The predicted octanol–water partition coefficient (Wildman–Crippen LogP) is 4.02. The number of carbonyl (C=O) groups is 2. The van der Waals surface area contributed by atoms with Crippen molar-refractivity contribution in [1.29, 1.82) is 0 Å². The van der Waals surface area contributed by atoms with Gasteiger partial charge in [-0.05, 0) is 44.2 Å². The van der Waals surface area contributed by atoms with Gasteiger partial charge >= 0.3 is 5.97 Å². The standard InChI is InChI=1S/C15H22O3S/c1-10(9-11(2)12(3)16)5-4-6-13-7-8-14(19-13)15(17)18/h7-8,10-11H,4-6,9H2,1-3H3,(H,17,18)/t10-,11+/m1/s1. The molecule has 0 aliphatic carbocycles. The molecule has 0 aliphatic rings. The van der Waals surface area contributed by atoms with Gasteiger partial charge in [-0.3, -0.25) is 4.79 Å². The molecule has 0 fully saturated rings. The summed E-state index contributed by atoms with van der Waals surface area (Å²) in [6, 6.07) is 3.57. The van der Waals surface area contributed by atoms with Crippen LogP contribution in [0.2, 0.25) is 0 Å². The quantitative estimate of drug-likeness (QED) is 0.783. The molecule has 1 aromatic rings. The molecule has 3 nitrogen and oxygen atoms in total. The van der Waals surface area contributed by atoms with E-state index in [0.717, 1.165) is 30.6 Å². The molecule has 0 saturated carbocycles. The molecular weight excluding hydrogens is 260 g/mol. The number of thiophene rings is 1. The minimum Gasteiger partial charge on any atom is -0.477 e. The fourth-order valence-corrected chi connectivity index (χ4v) is 3.03. The van der Waals surface area contributed by atoms with Crippen LogP contribution in [0.25, 0.3) is 0 Å². The van der Waals surface area contributed by atoms with Gasteiger partial charge < -0.3 is 5.11 Å². The van der Waals surface area contributed by atoms with E-state index < -0.39 is 5.97 Å². The molecule has 0 unspecified atom stereocenters. The third-order valence-electron chi connectivity index (χ3n) is 3.44. The number of carboxylic acid groups (broad SMARTS) is 1. The van der Waals surface area contributed by atoms with Crippen molar-refractivity contribution in [2.75, 3.05) is 0 Å². The lowest BCUT2D eigenvalue weighted by Crippen LogP contribution is -2.11. The van der Waals surface area contributed by atoms with E-state index in [9.17, 15) is 9.59 Å². The van der Waals surface area contributed by atoms with Gasteiger partial charge in [0, 0.05) is 10.8 Å². The summed E-state index contributed by atoms with van der Waals surface area (Å²) in [5.41, 5.74) is 0. The first-order valence-electron chi connectivity index (χ1n) is 6.72. The monoisotopic (exact) mass is 282 g/mol. The number of ketones is 1. The second-order valence-corrected chi connectivity index (χ2v) is 6.48. The van der Waals surface area contributed by atoms with E-state index in [4.69, 9.17) is 5.11 Å². The number of Topliss-reactive ketones (excluding diaryl/α,β-unsaturated/α-hetero) is 1. The van der Waals surface area contributed by atoms with Gasteiger partial charge in [0.2, 0.25) is 0 Å². The molecule has 2 atom stereocenters. The van der Waals surface area contributed by atoms with E-state index in [2.05, 4.69) is 6.92 Å². The van der Waals surface area contributed by atoms with Crippen LogP contribution in [0, 0.1) is 11.8 Å².